The summed E-state index contributed by atoms with van der Waals surface area (Å²) in [5, 5.41) is 11.0. The summed E-state index contributed by atoms with van der Waals surface area (Å²) < 4.78 is 7.69. The highest BCUT2D eigenvalue weighted by molar-refractivity contribution is 6.07. The maximum atomic E-state index is 13.7. The number of carbonyl (C=O) groups excluding carboxylic acids is 2. The molecule has 2 aliphatic carbocycles. The fraction of sp³-hybridized carbons (Fsp3) is 0.552. The first-order valence-electron chi connectivity index (χ1n) is 14.1. The molecule has 4 fully saturated rings. The smallest absolute Gasteiger partial charge is 0.334 e. The van der Waals surface area contributed by atoms with E-state index in [1.807, 2.05) is 30.3 Å². The zero-order valence-electron chi connectivity index (χ0n) is 23.4. The van der Waals surface area contributed by atoms with Gasteiger partial charge in [-0.25, -0.2) is 9.59 Å². The third-order valence-corrected chi connectivity index (χ3v) is 9.63. The van der Waals surface area contributed by atoms with Crippen LogP contribution in [0, 0.1) is 11.3 Å². The Balaban J connectivity index is 1.26. The molecule has 4 aliphatic rings. The van der Waals surface area contributed by atoms with Gasteiger partial charge in [0.1, 0.15) is 16.9 Å². The zero-order chi connectivity index (χ0) is 29.1. The van der Waals surface area contributed by atoms with E-state index < -0.39 is 28.7 Å². The minimum Gasteiger partial charge on any atom is -0.494 e. The molecular formula is C29H36N6O6. The monoisotopic (exact) mass is 564 g/mol. The number of nitrogens with zero attached hydrogens (tertiary/aromatic N) is 5. The second-order valence-corrected chi connectivity index (χ2v) is 12.1. The van der Waals surface area contributed by atoms with Gasteiger partial charge in [0, 0.05) is 32.6 Å². The van der Waals surface area contributed by atoms with E-state index in [1.54, 1.807) is 11.9 Å². The van der Waals surface area contributed by atoms with Crippen molar-refractivity contribution >= 4 is 17.8 Å². The van der Waals surface area contributed by atoms with Crippen LogP contribution in [0.15, 0.2) is 44.9 Å². The minimum absolute atomic E-state index is 0.0699. The van der Waals surface area contributed by atoms with Crippen LogP contribution in [0.1, 0.15) is 55.7 Å². The number of aromatic hydroxyl groups is 1. The molecule has 0 atom stereocenters. The van der Waals surface area contributed by atoms with Crippen molar-refractivity contribution in [2.45, 2.75) is 56.7 Å². The van der Waals surface area contributed by atoms with Crippen molar-refractivity contribution < 1.29 is 19.4 Å². The Labute approximate surface area is 237 Å². The highest BCUT2D eigenvalue weighted by Gasteiger charge is 2.68. The summed E-state index contributed by atoms with van der Waals surface area (Å²) in [6.07, 6.45) is 3.69. The fourth-order valence-electron chi connectivity index (χ4n) is 7.36. The van der Waals surface area contributed by atoms with E-state index >= 15 is 0 Å². The van der Waals surface area contributed by atoms with Crippen molar-refractivity contribution in [3.05, 3.63) is 62.3 Å². The van der Waals surface area contributed by atoms with E-state index in [0.29, 0.717) is 58.3 Å². The number of carbonyl (C=O) groups is 2. The van der Waals surface area contributed by atoms with Gasteiger partial charge in [-0.15, -0.1) is 0 Å². The Morgan fingerprint density at radius 1 is 1.10 bits per heavy atom. The maximum absolute atomic E-state index is 13.7. The molecular weight excluding hydrogens is 528 g/mol. The first-order chi connectivity index (χ1) is 19.6. The summed E-state index contributed by atoms with van der Waals surface area (Å²) in [5.41, 5.74) is 4.43. The van der Waals surface area contributed by atoms with Crippen molar-refractivity contribution in [1.82, 2.24) is 18.9 Å². The Bertz CT molecular complexity index is 1530. The lowest BCUT2D eigenvalue weighted by Gasteiger charge is -2.58. The van der Waals surface area contributed by atoms with Crippen LogP contribution in [0.2, 0.25) is 0 Å². The molecule has 3 heterocycles. The van der Waals surface area contributed by atoms with Crippen LogP contribution in [0.25, 0.3) is 0 Å². The van der Waals surface area contributed by atoms with Gasteiger partial charge < -0.3 is 20.5 Å². The summed E-state index contributed by atoms with van der Waals surface area (Å²) in [6, 6.07) is 8.56. The SMILES string of the molecule is CN=C(N)c1c(O)n(Cc2ccccc2)c(=O)n(C2CCC3(CC2)CC2(C3)C(=O)N(C)C(=O)N2CC2COC2)c1=O. The van der Waals surface area contributed by atoms with Crippen LogP contribution in [0.3, 0.4) is 0 Å². The summed E-state index contributed by atoms with van der Waals surface area (Å²) in [4.78, 5) is 60.4. The van der Waals surface area contributed by atoms with Crippen LogP contribution in [-0.4, -0.2) is 81.2 Å². The molecule has 12 heteroatoms. The van der Waals surface area contributed by atoms with E-state index in [2.05, 4.69) is 4.99 Å². The molecule has 2 saturated carbocycles. The minimum atomic E-state index is -0.814. The number of imide groups is 1. The van der Waals surface area contributed by atoms with Gasteiger partial charge in [-0.1, -0.05) is 30.3 Å². The summed E-state index contributed by atoms with van der Waals surface area (Å²) >= 11 is 0. The molecule has 3 amide bonds. The number of ether oxygens (including phenoxy) is 1. The molecule has 12 nitrogen and oxygen atoms in total. The molecule has 0 radical (unpaired) electrons. The van der Waals surface area contributed by atoms with Gasteiger partial charge in [-0.2, -0.15) is 0 Å². The first-order valence-corrected chi connectivity index (χ1v) is 14.1. The van der Waals surface area contributed by atoms with Crippen molar-refractivity contribution in [3.63, 3.8) is 0 Å². The normalized spacial score (nSPS) is 28.4. The summed E-state index contributed by atoms with van der Waals surface area (Å²) in [6.45, 7) is 1.78. The van der Waals surface area contributed by atoms with Gasteiger partial charge in [0.25, 0.3) is 11.5 Å². The number of likely N-dealkylation sites (N-methyl/N-ethyl adjacent to an activating group) is 1. The second-order valence-electron chi connectivity index (χ2n) is 12.1. The molecule has 3 N–H and O–H groups in total. The number of aromatic nitrogens is 2. The van der Waals surface area contributed by atoms with E-state index in [-0.39, 0.29) is 41.2 Å². The average molecular weight is 565 g/mol. The molecule has 2 saturated heterocycles. The van der Waals surface area contributed by atoms with Gasteiger partial charge in [0.2, 0.25) is 5.88 Å². The molecule has 1 aromatic carbocycles. The number of amides is 3. The maximum Gasteiger partial charge on any atom is 0.334 e. The molecule has 0 unspecified atom stereocenters. The number of aliphatic imine (C=N–C) groups is 1. The molecule has 2 spiro atoms. The number of amidine groups is 1. The third kappa shape index (κ3) is 4.18. The summed E-state index contributed by atoms with van der Waals surface area (Å²) in [5.74, 6) is -0.535. The highest BCUT2D eigenvalue weighted by atomic mass is 16.5. The number of urea groups is 1. The largest absolute Gasteiger partial charge is 0.494 e. The lowest BCUT2D eigenvalue weighted by atomic mass is 9.51. The molecule has 2 aliphatic heterocycles. The third-order valence-electron chi connectivity index (χ3n) is 9.63. The van der Waals surface area contributed by atoms with Crippen LogP contribution >= 0.6 is 0 Å². The van der Waals surface area contributed by atoms with Crippen molar-refractivity contribution in [1.29, 1.82) is 0 Å². The van der Waals surface area contributed by atoms with E-state index in [0.717, 1.165) is 5.56 Å². The number of rotatable bonds is 6. The van der Waals surface area contributed by atoms with E-state index in [9.17, 15) is 24.3 Å². The van der Waals surface area contributed by atoms with Crippen molar-refractivity contribution in [2.75, 3.05) is 33.9 Å². The predicted octanol–water partition coefficient (Wildman–Crippen LogP) is 1.27. The lowest BCUT2D eigenvalue weighted by Crippen LogP contribution is -2.65. The zero-order valence-corrected chi connectivity index (χ0v) is 23.4. The van der Waals surface area contributed by atoms with E-state index in [1.165, 1.54) is 21.1 Å². The molecule has 218 valence electrons. The van der Waals surface area contributed by atoms with Gasteiger partial charge >= 0.3 is 11.7 Å². The fourth-order valence-corrected chi connectivity index (χ4v) is 7.36. The van der Waals surface area contributed by atoms with Crippen molar-refractivity contribution in [3.8, 4) is 5.88 Å². The highest BCUT2D eigenvalue weighted by Crippen LogP contribution is 2.62. The second kappa shape index (κ2) is 9.86. The summed E-state index contributed by atoms with van der Waals surface area (Å²) in [7, 11) is 2.97. The number of nitrogens with two attached hydrogens (primary N) is 1. The standard InChI is InChI=1S/C29H36N6O6/c1-31-22(30)21-23(36)33(12-18-6-4-3-5-7-18)27(40)35(24(21)37)20-8-10-28(11-9-20)16-29(17-28)25(38)32(2)26(39)34(29)13-19-14-41-15-19/h3-7,19-20,36H,8-17H2,1-2H3,(H2,30,31). The Morgan fingerprint density at radius 3 is 2.34 bits per heavy atom. The van der Waals surface area contributed by atoms with Gasteiger partial charge in [-0.05, 0) is 49.5 Å². The number of benzene rings is 1. The lowest BCUT2D eigenvalue weighted by molar-refractivity contribution is -0.152. The van der Waals surface area contributed by atoms with Crippen molar-refractivity contribution in [2.24, 2.45) is 22.1 Å². The van der Waals surface area contributed by atoms with E-state index in [4.69, 9.17) is 10.5 Å². The van der Waals surface area contributed by atoms with Gasteiger partial charge in [0.15, 0.2) is 0 Å². The molecule has 0 bridgehead atoms. The predicted molar refractivity (Wildman–Crippen MR) is 150 cm³/mol. The first kappa shape index (κ1) is 27.3. The number of hydrogen-bond acceptors (Lipinski definition) is 7. The van der Waals surface area contributed by atoms with Crippen LogP contribution in [0.4, 0.5) is 4.79 Å². The van der Waals surface area contributed by atoms with Gasteiger partial charge in [-0.3, -0.25) is 28.6 Å². The molecule has 6 rings (SSSR count). The Hall–Kier alpha value is -3.93. The molecule has 2 aromatic rings. The number of hydrogen-bond donors (Lipinski definition) is 2. The topological polar surface area (TPSA) is 152 Å². The average Bonchev–Trinajstić information content (AvgIpc) is 3.10. The van der Waals surface area contributed by atoms with Crippen LogP contribution < -0.4 is 17.0 Å². The van der Waals surface area contributed by atoms with Crippen LogP contribution in [0.5, 0.6) is 5.88 Å². The molecule has 1 aromatic heterocycles. The Morgan fingerprint density at radius 2 is 1.76 bits per heavy atom. The molecule has 41 heavy (non-hydrogen) atoms. The quantitative estimate of drug-likeness (QED) is 0.304. The van der Waals surface area contributed by atoms with Gasteiger partial charge in [0.05, 0.1) is 19.8 Å². The van der Waals surface area contributed by atoms with Crippen LogP contribution in [-0.2, 0) is 16.1 Å². The Kier molecular flexibility index (Phi) is 6.55.